The van der Waals surface area contributed by atoms with E-state index in [-0.39, 0.29) is 6.10 Å². The largest absolute Gasteiger partial charge is 0.493 e. The van der Waals surface area contributed by atoms with E-state index in [0.717, 1.165) is 19.1 Å². The Morgan fingerprint density at radius 2 is 2.00 bits per heavy atom. The molecule has 0 unspecified atom stereocenters. The summed E-state index contributed by atoms with van der Waals surface area (Å²) in [6.45, 7) is 4.12. The highest BCUT2D eigenvalue weighted by Crippen LogP contribution is 2.31. The van der Waals surface area contributed by atoms with Gasteiger partial charge in [0.25, 0.3) is 0 Å². The highest BCUT2D eigenvalue weighted by atomic mass is 16.5. The van der Waals surface area contributed by atoms with Crippen molar-refractivity contribution in [1.29, 1.82) is 0 Å². The Bertz CT molecular complexity index is 343. The highest BCUT2D eigenvalue weighted by Gasteiger charge is 2.13. The van der Waals surface area contributed by atoms with Gasteiger partial charge in [-0.15, -0.1) is 0 Å². The Labute approximate surface area is 96.4 Å². The predicted octanol–water partition coefficient (Wildman–Crippen LogP) is 3.08. The third-order valence-electron chi connectivity index (χ3n) is 2.55. The van der Waals surface area contributed by atoms with Gasteiger partial charge in [-0.05, 0) is 25.0 Å². The fraction of sp³-hybridized carbons (Fsp3) is 0.462. The molecule has 0 fully saturated rings. The number of methoxy groups -OCH3 is 1. The Hall–Kier alpha value is -1.51. The molecule has 3 heteroatoms. The zero-order valence-corrected chi connectivity index (χ0v) is 10.0. The summed E-state index contributed by atoms with van der Waals surface area (Å²) in [5.74, 6) is 1.16. The van der Waals surface area contributed by atoms with E-state index in [1.807, 2.05) is 0 Å². The quantitative estimate of drug-likeness (QED) is 0.694. The van der Waals surface area contributed by atoms with E-state index in [1.54, 1.807) is 25.3 Å². The van der Waals surface area contributed by atoms with E-state index in [0.29, 0.717) is 17.1 Å². The van der Waals surface area contributed by atoms with Gasteiger partial charge in [-0.25, -0.2) is 0 Å². The molecular formula is C13H18O3. The van der Waals surface area contributed by atoms with E-state index in [2.05, 4.69) is 13.8 Å². The molecule has 0 spiro atoms. The first-order valence-corrected chi connectivity index (χ1v) is 5.55. The molecule has 0 aromatic heterocycles. The zero-order valence-electron chi connectivity index (χ0n) is 10.0. The van der Waals surface area contributed by atoms with E-state index in [9.17, 15) is 4.79 Å². The molecule has 0 radical (unpaired) electrons. The van der Waals surface area contributed by atoms with Gasteiger partial charge in [0.15, 0.2) is 17.8 Å². The number of ether oxygens (including phenoxy) is 2. The smallest absolute Gasteiger partial charge is 0.172 e. The molecule has 16 heavy (non-hydrogen) atoms. The van der Waals surface area contributed by atoms with Crippen LogP contribution in [0.3, 0.4) is 0 Å². The molecular weight excluding hydrogens is 204 g/mol. The van der Waals surface area contributed by atoms with E-state index in [1.165, 1.54) is 0 Å². The van der Waals surface area contributed by atoms with Crippen LogP contribution in [0.4, 0.5) is 0 Å². The SMILES string of the molecule is CCC(CC)Oc1c(C=O)cccc1OC. The molecule has 0 aliphatic rings. The van der Waals surface area contributed by atoms with E-state index in [4.69, 9.17) is 9.47 Å². The maximum atomic E-state index is 10.9. The van der Waals surface area contributed by atoms with Crippen LogP contribution in [0.5, 0.6) is 11.5 Å². The summed E-state index contributed by atoms with van der Waals surface area (Å²) in [5.41, 5.74) is 0.534. The van der Waals surface area contributed by atoms with Crippen molar-refractivity contribution < 1.29 is 14.3 Å². The number of hydrogen-bond donors (Lipinski definition) is 0. The lowest BCUT2D eigenvalue weighted by Gasteiger charge is -2.18. The summed E-state index contributed by atoms with van der Waals surface area (Å²) in [6, 6.07) is 5.31. The van der Waals surface area contributed by atoms with Gasteiger partial charge in [-0.1, -0.05) is 19.9 Å². The number of rotatable bonds is 6. The second kappa shape index (κ2) is 6.16. The van der Waals surface area contributed by atoms with Crippen LogP contribution in [-0.2, 0) is 0 Å². The lowest BCUT2D eigenvalue weighted by molar-refractivity contribution is 0.111. The summed E-state index contributed by atoms with van der Waals surface area (Å²) in [4.78, 5) is 10.9. The molecule has 0 amide bonds. The summed E-state index contributed by atoms with van der Waals surface area (Å²) < 4.78 is 11.0. The molecule has 1 aromatic carbocycles. The van der Waals surface area contributed by atoms with Crippen LogP contribution in [-0.4, -0.2) is 19.5 Å². The Morgan fingerprint density at radius 3 is 2.50 bits per heavy atom. The van der Waals surface area contributed by atoms with Gasteiger partial charge >= 0.3 is 0 Å². The average molecular weight is 222 g/mol. The number of carbonyl (C=O) groups excluding carboxylic acids is 1. The van der Waals surface area contributed by atoms with Crippen LogP contribution in [0.2, 0.25) is 0 Å². The van der Waals surface area contributed by atoms with Gasteiger partial charge in [0.05, 0.1) is 18.8 Å². The van der Waals surface area contributed by atoms with Crippen molar-refractivity contribution >= 4 is 6.29 Å². The first kappa shape index (κ1) is 12.6. The maximum Gasteiger partial charge on any atom is 0.172 e. The molecule has 0 aliphatic heterocycles. The normalized spacial score (nSPS) is 10.2. The minimum atomic E-state index is 0.120. The van der Waals surface area contributed by atoms with Crippen molar-refractivity contribution in [2.75, 3.05) is 7.11 Å². The summed E-state index contributed by atoms with van der Waals surface area (Å²) in [6.07, 6.45) is 2.73. The van der Waals surface area contributed by atoms with Gasteiger partial charge in [0, 0.05) is 0 Å². The first-order valence-electron chi connectivity index (χ1n) is 5.55. The molecule has 0 aliphatic carbocycles. The topological polar surface area (TPSA) is 35.5 Å². The van der Waals surface area contributed by atoms with Crippen molar-refractivity contribution in [2.45, 2.75) is 32.8 Å². The molecule has 0 atom stereocenters. The molecule has 0 N–H and O–H groups in total. The second-order valence-electron chi connectivity index (χ2n) is 3.55. The van der Waals surface area contributed by atoms with Crippen LogP contribution >= 0.6 is 0 Å². The van der Waals surface area contributed by atoms with Crippen LogP contribution in [0.1, 0.15) is 37.0 Å². The van der Waals surface area contributed by atoms with Crippen molar-refractivity contribution in [1.82, 2.24) is 0 Å². The Balaban J connectivity index is 3.03. The Morgan fingerprint density at radius 1 is 1.31 bits per heavy atom. The first-order chi connectivity index (χ1) is 7.76. The fourth-order valence-electron chi connectivity index (χ4n) is 1.53. The standard InChI is InChI=1S/C13H18O3/c1-4-11(5-2)16-13-10(9-14)7-6-8-12(13)15-3/h6-9,11H,4-5H2,1-3H3. The van der Waals surface area contributed by atoms with Gasteiger partial charge < -0.3 is 9.47 Å². The molecule has 1 aromatic rings. The molecule has 3 nitrogen and oxygen atoms in total. The lowest BCUT2D eigenvalue weighted by atomic mass is 10.2. The Kier molecular flexibility index (Phi) is 4.83. The van der Waals surface area contributed by atoms with Gasteiger partial charge in [0.1, 0.15) is 0 Å². The van der Waals surface area contributed by atoms with E-state index >= 15 is 0 Å². The molecule has 0 saturated heterocycles. The summed E-state index contributed by atoms with van der Waals surface area (Å²) >= 11 is 0. The third kappa shape index (κ3) is 2.75. The molecule has 0 saturated carbocycles. The summed E-state index contributed by atoms with van der Waals surface area (Å²) in [5, 5.41) is 0. The maximum absolute atomic E-state index is 10.9. The average Bonchev–Trinajstić information content (AvgIpc) is 2.35. The summed E-state index contributed by atoms with van der Waals surface area (Å²) in [7, 11) is 1.57. The van der Waals surface area contributed by atoms with E-state index < -0.39 is 0 Å². The monoisotopic (exact) mass is 222 g/mol. The minimum absolute atomic E-state index is 0.120. The number of para-hydroxylation sites is 1. The fourth-order valence-corrected chi connectivity index (χ4v) is 1.53. The van der Waals surface area contributed by atoms with Crippen LogP contribution in [0.25, 0.3) is 0 Å². The van der Waals surface area contributed by atoms with Gasteiger partial charge in [0.2, 0.25) is 0 Å². The second-order valence-corrected chi connectivity index (χ2v) is 3.55. The lowest BCUT2D eigenvalue weighted by Crippen LogP contribution is -2.15. The number of benzene rings is 1. The van der Waals surface area contributed by atoms with Gasteiger partial charge in [-0.3, -0.25) is 4.79 Å². The molecule has 0 bridgehead atoms. The number of carbonyl (C=O) groups is 1. The third-order valence-corrected chi connectivity index (χ3v) is 2.55. The highest BCUT2D eigenvalue weighted by molar-refractivity contribution is 5.81. The van der Waals surface area contributed by atoms with Crippen molar-refractivity contribution in [3.8, 4) is 11.5 Å². The van der Waals surface area contributed by atoms with Crippen LogP contribution in [0, 0.1) is 0 Å². The predicted molar refractivity (Wildman–Crippen MR) is 63.4 cm³/mol. The number of aldehydes is 1. The van der Waals surface area contributed by atoms with Crippen molar-refractivity contribution in [2.24, 2.45) is 0 Å². The van der Waals surface area contributed by atoms with Gasteiger partial charge in [-0.2, -0.15) is 0 Å². The van der Waals surface area contributed by atoms with Crippen molar-refractivity contribution in [3.05, 3.63) is 23.8 Å². The van der Waals surface area contributed by atoms with Crippen LogP contribution < -0.4 is 9.47 Å². The molecule has 88 valence electrons. The molecule has 0 heterocycles. The van der Waals surface area contributed by atoms with Crippen LogP contribution in [0.15, 0.2) is 18.2 Å². The molecule has 1 rings (SSSR count). The number of hydrogen-bond acceptors (Lipinski definition) is 3. The minimum Gasteiger partial charge on any atom is -0.493 e. The zero-order chi connectivity index (χ0) is 12.0. The van der Waals surface area contributed by atoms with Crippen molar-refractivity contribution in [3.63, 3.8) is 0 Å².